The number of rotatable bonds is 7. The van der Waals surface area contributed by atoms with Crippen LogP contribution in [-0.4, -0.2) is 54.5 Å². The lowest BCUT2D eigenvalue weighted by molar-refractivity contribution is -0.104. The SMILES string of the molecule is N#CCC1(n2cc(-c3nc(Nc4cnn(CCO)c4)nc4ccsc34)cn2)COC1. The lowest BCUT2D eigenvalue weighted by atomic mass is 9.94. The van der Waals surface area contributed by atoms with Crippen molar-refractivity contribution in [3.8, 4) is 17.3 Å². The highest BCUT2D eigenvalue weighted by Gasteiger charge is 2.41. The Morgan fingerprint density at radius 3 is 2.93 bits per heavy atom. The molecule has 0 unspecified atom stereocenters. The van der Waals surface area contributed by atoms with Crippen LogP contribution in [0.1, 0.15) is 6.42 Å². The summed E-state index contributed by atoms with van der Waals surface area (Å²) in [5, 5.41) is 32.1. The number of nitrogens with one attached hydrogen (secondary N) is 1. The molecule has 0 radical (unpaired) electrons. The van der Waals surface area contributed by atoms with E-state index in [2.05, 4.69) is 26.6 Å². The lowest BCUT2D eigenvalue weighted by Crippen LogP contribution is -2.51. The number of hydrogen-bond donors (Lipinski definition) is 2. The van der Waals surface area contributed by atoms with Gasteiger partial charge in [0.1, 0.15) is 5.54 Å². The van der Waals surface area contributed by atoms with Gasteiger partial charge in [0.25, 0.3) is 0 Å². The molecular weight excluding hydrogens is 404 g/mol. The second-order valence-electron chi connectivity index (χ2n) is 7.10. The van der Waals surface area contributed by atoms with Gasteiger partial charge in [0.05, 0.1) is 72.8 Å². The fraction of sp³-hybridized carbons (Fsp3) is 0.316. The first-order valence-corrected chi connectivity index (χ1v) is 10.2. The van der Waals surface area contributed by atoms with Gasteiger partial charge in [-0.3, -0.25) is 9.36 Å². The Morgan fingerprint density at radius 2 is 2.17 bits per heavy atom. The molecule has 10 nitrogen and oxygen atoms in total. The third-order valence-corrected chi connectivity index (χ3v) is 5.92. The van der Waals surface area contributed by atoms with E-state index in [0.717, 1.165) is 27.2 Å². The summed E-state index contributed by atoms with van der Waals surface area (Å²) in [6.07, 6.45) is 7.48. The normalized spacial score (nSPS) is 15.1. The topological polar surface area (TPSA) is 127 Å². The number of nitriles is 1. The number of aliphatic hydroxyl groups is 1. The van der Waals surface area contributed by atoms with Gasteiger partial charge in [-0.2, -0.15) is 15.5 Å². The van der Waals surface area contributed by atoms with E-state index in [4.69, 9.17) is 14.8 Å². The standard InChI is InChI=1S/C19H18N8O2S/c20-3-2-19(11-29-12-19)27-9-13(7-22-27)16-17-15(1-6-30-17)24-18(25-16)23-14-8-21-26(10-14)4-5-28/h1,6-10,28H,2,4-5,11-12H2,(H,23,24,25). The molecule has 0 aromatic carbocycles. The first kappa shape index (κ1) is 18.7. The number of aliphatic hydroxyl groups excluding tert-OH is 1. The predicted octanol–water partition coefficient (Wildman–Crippen LogP) is 2.13. The van der Waals surface area contributed by atoms with E-state index in [9.17, 15) is 5.26 Å². The van der Waals surface area contributed by atoms with Crippen molar-refractivity contribution in [1.29, 1.82) is 5.26 Å². The van der Waals surface area contributed by atoms with Crippen molar-refractivity contribution in [2.24, 2.45) is 0 Å². The Bertz CT molecular complexity index is 1230. The fourth-order valence-corrected chi connectivity index (χ4v) is 4.24. The second-order valence-corrected chi connectivity index (χ2v) is 8.01. The maximum atomic E-state index is 9.18. The highest BCUT2D eigenvalue weighted by Crippen LogP contribution is 2.34. The van der Waals surface area contributed by atoms with Crippen molar-refractivity contribution in [2.75, 3.05) is 25.1 Å². The van der Waals surface area contributed by atoms with Crippen molar-refractivity contribution in [3.05, 3.63) is 36.2 Å². The van der Waals surface area contributed by atoms with E-state index in [1.807, 2.05) is 22.3 Å². The fourth-order valence-electron chi connectivity index (χ4n) is 3.40. The summed E-state index contributed by atoms with van der Waals surface area (Å²) in [6.45, 7) is 1.39. The molecule has 1 aliphatic heterocycles. The molecule has 1 saturated heterocycles. The Hall–Kier alpha value is -3.33. The number of nitrogens with zero attached hydrogens (tertiary/aromatic N) is 7. The molecule has 30 heavy (non-hydrogen) atoms. The van der Waals surface area contributed by atoms with Gasteiger partial charge in [0.15, 0.2) is 0 Å². The number of aromatic nitrogens is 6. The third-order valence-electron chi connectivity index (χ3n) is 5.01. The molecule has 11 heteroatoms. The maximum absolute atomic E-state index is 9.18. The van der Waals surface area contributed by atoms with E-state index in [1.165, 1.54) is 0 Å². The number of hydrogen-bond acceptors (Lipinski definition) is 9. The average Bonchev–Trinajstić information content (AvgIpc) is 3.45. The van der Waals surface area contributed by atoms with Gasteiger partial charge in [-0.25, -0.2) is 9.97 Å². The van der Waals surface area contributed by atoms with Crippen molar-refractivity contribution >= 4 is 33.2 Å². The van der Waals surface area contributed by atoms with Crippen LogP contribution in [0.3, 0.4) is 0 Å². The highest BCUT2D eigenvalue weighted by molar-refractivity contribution is 7.17. The van der Waals surface area contributed by atoms with Crippen LogP contribution in [0, 0.1) is 11.3 Å². The Balaban J connectivity index is 1.50. The number of fused-ring (bicyclic) bond motifs is 1. The van der Waals surface area contributed by atoms with E-state index < -0.39 is 5.54 Å². The van der Waals surface area contributed by atoms with E-state index in [-0.39, 0.29) is 6.61 Å². The molecule has 2 N–H and O–H groups in total. The van der Waals surface area contributed by atoms with Gasteiger partial charge in [0.2, 0.25) is 5.95 Å². The van der Waals surface area contributed by atoms with Crippen LogP contribution in [-0.2, 0) is 16.8 Å². The van der Waals surface area contributed by atoms with Gasteiger partial charge in [-0.05, 0) is 11.4 Å². The summed E-state index contributed by atoms with van der Waals surface area (Å²) in [7, 11) is 0. The summed E-state index contributed by atoms with van der Waals surface area (Å²) < 4.78 is 9.79. The number of thiophene rings is 1. The average molecular weight is 422 g/mol. The molecule has 4 aromatic heterocycles. The first-order chi connectivity index (χ1) is 14.7. The van der Waals surface area contributed by atoms with Crippen molar-refractivity contribution < 1.29 is 9.84 Å². The van der Waals surface area contributed by atoms with Crippen molar-refractivity contribution in [3.63, 3.8) is 0 Å². The van der Waals surface area contributed by atoms with Crippen LogP contribution in [0.15, 0.2) is 36.2 Å². The molecule has 0 amide bonds. The smallest absolute Gasteiger partial charge is 0.228 e. The zero-order valence-electron chi connectivity index (χ0n) is 15.9. The summed E-state index contributed by atoms with van der Waals surface area (Å²) in [5.41, 5.74) is 2.80. The van der Waals surface area contributed by atoms with Gasteiger partial charge in [-0.1, -0.05) is 0 Å². The predicted molar refractivity (Wildman–Crippen MR) is 110 cm³/mol. The molecule has 5 heterocycles. The van der Waals surface area contributed by atoms with Crippen LogP contribution in [0.25, 0.3) is 21.5 Å². The van der Waals surface area contributed by atoms with E-state index in [1.54, 1.807) is 34.6 Å². The molecule has 0 atom stereocenters. The number of anilines is 2. The zero-order valence-corrected chi connectivity index (χ0v) is 16.7. The zero-order chi connectivity index (χ0) is 20.6. The molecule has 0 bridgehead atoms. The lowest BCUT2D eigenvalue weighted by Gasteiger charge is -2.39. The van der Waals surface area contributed by atoms with Crippen molar-refractivity contribution in [2.45, 2.75) is 18.5 Å². The minimum absolute atomic E-state index is 0.0188. The van der Waals surface area contributed by atoms with Crippen LogP contribution in [0.4, 0.5) is 11.6 Å². The molecule has 0 aliphatic carbocycles. The van der Waals surface area contributed by atoms with E-state index >= 15 is 0 Å². The van der Waals surface area contributed by atoms with Gasteiger partial charge >= 0.3 is 0 Å². The van der Waals surface area contributed by atoms with Crippen LogP contribution in [0.5, 0.6) is 0 Å². The minimum atomic E-state index is -0.406. The van der Waals surface area contributed by atoms with Gasteiger partial charge < -0.3 is 15.2 Å². The first-order valence-electron chi connectivity index (χ1n) is 9.36. The molecule has 1 aliphatic rings. The van der Waals surface area contributed by atoms with Gasteiger partial charge in [0, 0.05) is 18.0 Å². The summed E-state index contributed by atoms with van der Waals surface area (Å²) in [5.74, 6) is 0.450. The van der Waals surface area contributed by atoms with Crippen LogP contribution in [0.2, 0.25) is 0 Å². The van der Waals surface area contributed by atoms with Crippen LogP contribution >= 0.6 is 11.3 Å². The van der Waals surface area contributed by atoms with Crippen LogP contribution < -0.4 is 5.32 Å². The van der Waals surface area contributed by atoms with Gasteiger partial charge in [-0.15, -0.1) is 11.3 Å². The minimum Gasteiger partial charge on any atom is -0.394 e. The summed E-state index contributed by atoms with van der Waals surface area (Å²) in [6, 6.07) is 4.18. The van der Waals surface area contributed by atoms with E-state index in [0.29, 0.717) is 32.1 Å². The summed E-state index contributed by atoms with van der Waals surface area (Å²) >= 11 is 1.57. The second kappa shape index (κ2) is 7.49. The quantitative estimate of drug-likeness (QED) is 0.464. The molecule has 0 saturated carbocycles. The Morgan fingerprint density at radius 1 is 1.27 bits per heavy atom. The maximum Gasteiger partial charge on any atom is 0.228 e. The number of ether oxygens (including phenoxy) is 1. The van der Waals surface area contributed by atoms with Crippen molar-refractivity contribution in [1.82, 2.24) is 29.5 Å². The Labute approximate surface area is 175 Å². The Kier molecular flexibility index (Phi) is 4.66. The molecule has 5 rings (SSSR count). The molecule has 1 fully saturated rings. The largest absolute Gasteiger partial charge is 0.394 e. The molecule has 4 aromatic rings. The molecule has 0 spiro atoms. The third kappa shape index (κ3) is 3.21. The highest BCUT2D eigenvalue weighted by atomic mass is 32.1. The monoisotopic (exact) mass is 422 g/mol. The molecule has 152 valence electrons. The summed E-state index contributed by atoms with van der Waals surface area (Å²) in [4.78, 5) is 9.33. The molecular formula is C19H18N8O2S.